The van der Waals surface area contributed by atoms with Gasteiger partial charge in [-0.25, -0.2) is 4.79 Å². The van der Waals surface area contributed by atoms with Crippen LogP contribution in [0, 0.1) is 19.8 Å². The number of ketones is 2. The number of carbonyl (C=O) groups is 3. The van der Waals surface area contributed by atoms with Crippen molar-refractivity contribution in [3.63, 3.8) is 0 Å². The molecule has 1 aliphatic rings. The van der Waals surface area contributed by atoms with Gasteiger partial charge in [0, 0.05) is 40.4 Å². The van der Waals surface area contributed by atoms with Crippen molar-refractivity contribution in [2.24, 2.45) is 5.92 Å². The number of Topliss-reactive ketones (excluding diaryl/α,β-unsaturated/α-hetero) is 2. The third kappa shape index (κ3) is 6.53. The van der Waals surface area contributed by atoms with E-state index in [-0.39, 0.29) is 24.0 Å². The van der Waals surface area contributed by atoms with Gasteiger partial charge in [-0.05, 0) is 87.9 Å². The molecule has 4 rings (SSSR count). The molecule has 1 amide bonds. The molecule has 0 unspecified atom stereocenters. The molecule has 0 aliphatic carbocycles. The minimum Gasteiger partial charge on any atom is -0.480 e. The number of thioether (sulfide) groups is 1. The maximum Gasteiger partial charge on any atom is 0.415 e. The average Bonchev–Trinajstić information content (AvgIpc) is 3.36. The third-order valence-electron chi connectivity index (χ3n) is 7.41. The lowest BCUT2D eigenvalue weighted by atomic mass is 9.82. The molecule has 1 aliphatic heterocycles. The molecular weight excluding hydrogens is 546 g/mol. The van der Waals surface area contributed by atoms with Crippen LogP contribution in [0.4, 0.5) is 4.79 Å². The van der Waals surface area contributed by atoms with Gasteiger partial charge in [-0.15, -0.1) is 11.8 Å². The van der Waals surface area contributed by atoms with E-state index in [2.05, 4.69) is 0 Å². The Morgan fingerprint density at radius 3 is 2.20 bits per heavy atom. The van der Waals surface area contributed by atoms with E-state index < -0.39 is 17.6 Å². The van der Waals surface area contributed by atoms with E-state index in [0.29, 0.717) is 28.6 Å². The van der Waals surface area contributed by atoms with Crippen molar-refractivity contribution in [2.75, 3.05) is 19.3 Å². The van der Waals surface area contributed by atoms with Crippen LogP contribution >= 0.6 is 23.4 Å². The second-order valence-electron chi connectivity index (χ2n) is 10.7. The minimum atomic E-state index is -0.966. The van der Waals surface area contributed by atoms with Gasteiger partial charge in [0.25, 0.3) is 0 Å². The first-order valence-corrected chi connectivity index (χ1v) is 14.7. The van der Waals surface area contributed by atoms with Gasteiger partial charge in [0.05, 0.1) is 0 Å². The molecule has 8 heteroatoms. The fourth-order valence-electron chi connectivity index (χ4n) is 4.91. The molecular formula is C32H34ClNO5S. The Morgan fingerprint density at radius 1 is 0.975 bits per heavy atom. The molecule has 0 radical (unpaired) electrons. The lowest BCUT2D eigenvalue weighted by molar-refractivity contribution is -0.129. The van der Waals surface area contributed by atoms with Crippen molar-refractivity contribution >= 4 is 41.0 Å². The minimum absolute atomic E-state index is 0.0240. The highest BCUT2D eigenvalue weighted by molar-refractivity contribution is 7.98. The zero-order valence-electron chi connectivity index (χ0n) is 23.6. The zero-order valence-corrected chi connectivity index (χ0v) is 25.2. The van der Waals surface area contributed by atoms with Gasteiger partial charge in [-0.2, -0.15) is 0 Å². The lowest BCUT2D eigenvalue weighted by Crippen LogP contribution is -2.36. The van der Waals surface area contributed by atoms with Gasteiger partial charge >= 0.3 is 6.09 Å². The molecule has 40 heavy (non-hydrogen) atoms. The highest BCUT2D eigenvalue weighted by atomic mass is 35.5. The predicted octanol–water partition coefficient (Wildman–Crippen LogP) is 7.52. The molecule has 3 aromatic rings. The van der Waals surface area contributed by atoms with Crippen LogP contribution in [0.15, 0.2) is 65.6 Å². The van der Waals surface area contributed by atoms with Crippen LogP contribution in [-0.4, -0.2) is 47.5 Å². The number of nitrogens with zero attached hydrogens (tertiary/aromatic N) is 1. The van der Waals surface area contributed by atoms with Crippen LogP contribution in [0.1, 0.15) is 53.7 Å². The number of rotatable bonds is 8. The SMILES string of the molecule is CSc1ccc(C(=O)[C@@H]2CN(C(=O)Oc3cccc(Cl)c3)C[C@H]2c2cc(C)c(OC(C)(C)C(C)=O)c(C)c2)cc1. The number of benzene rings is 3. The predicted molar refractivity (Wildman–Crippen MR) is 159 cm³/mol. The first kappa shape index (κ1) is 29.7. The second-order valence-corrected chi connectivity index (χ2v) is 12.0. The second kappa shape index (κ2) is 12.1. The molecule has 0 N–H and O–H groups in total. The van der Waals surface area contributed by atoms with E-state index in [1.165, 1.54) is 6.92 Å². The van der Waals surface area contributed by atoms with Crippen molar-refractivity contribution in [1.82, 2.24) is 4.90 Å². The third-order valence-corrected chi connectivity index (χ3v) is 8.39. The van der Waals surface area contributed by atoms with Crippen molar-refractivity contribution in [3.8, 4) is 11.5 Å². The molecule has 0 aromatic heterocycles. The Morgan fingerprint density at radius 2 is 1.62 bits per heavy atom. The van der Waals surface area contributed by atoms with Crippen molar-refractivity contribution < 1.29 is 23.9 Å². The number of hydrogen-bond donors (Lipinski definition) is 0. The Bertz CT molecular complexity index is 1410. The number of carbonyl (C=O) groups excluding carboxylic acids is 3. The summed E-state index contributed by atoms with van der Waals surface area (Å²) in [6.45, 7) is 9.41. The van der Waals surface area contributed by atoms with Crippen LogP contribution in [0.3, 0.4) is 0 Å². The zero-order chi connectivity index (χ0) is 29.2. The summed E-state index contributed by atoms with van der Waals surface area (Å²) < 4.78 is 11.7. The fraction of sp³-hybridized carbons (Fsp3) is 0.344. The highest BCUT2D eigenvalue weighted by Crippen LogP contribution is 2.39. The number of likely N-dealkylation sites (tertiary alicyclic amines) is 1. The summed E-state index contributed by atoms with van der Waals surface area (Å²) in [5, 5.41) is 0.465. The molecule has 3 aromatic carbocycles. The van der Waals surface area contributed by atoms with E-state index >= 15 is 0 Å². The van der Waals surface area contributed by atoms with Crippen molar-refractivity contribution in [2.45, 2.75) is 51.0 Å². The Hall–Kier alpha value is -3.29. The van der Waals surface area contributed by atoms with E-state index in [9.17, 15) is 14.4 Å². The standard InChI is InChI=1S/C32H34ClNO5S/c1-19-14-23(15-20(2)30(19)39-32(4,5)21(3)35)27-17-34(31(37)38-25-9-7-8-24(33)16-25)18-28(27)29(36)22-10-12-26(40-6)13-11-22/h7-16,27-28H,17-18H2,1-6H3/t27-,28+/m0/s1. The first-order valence-electron chi connectivity index (χ1n) is 13.1. The molecule has 1 heterocycles. The smallest absolute Gasteiger partial charge is 0.415 e. The first-order chi connectivity index (χ1) is 18.9. The number of hydrogen-bond acceptors (Lipinski definition) is 6. The number of halogens is 1. The normalized spacial score (nSPS) is 17.0. The van der Waals surface area contributed by atoms with Gasteiger partial charge in [0.2, 0.25) is 0 Å². The van der Waals surface area contributed by atoms with E-state index in [1.54, 1.807) is 54.8 Å². The fourth-order valence-corrected chi connectivity index (χ4v) is 5.50. The molecule has 1 fully saturated rings. The summed E-state index contributed by atoms with van der Waals surface area (Å²) in [6.07, 6.45) is 1.46. The van der Waals surface area contributed by atoms with E-state index in [1.807, 2.05) is 56.5 Å². The molecule has 210 valence electrons. The number of ether oxygens (including phenoxy) is 2. The van der Waals surface area contributed by atoms with Gasteiger partial charge in [-0.3, -0.25) is 9.59 Å². The molecule has 0 spiro atoms. The van der Waals surface area contributed by atoms with Crippen molar-refractivity contribution in [1.29, 1.82) is 0 Å². The summed E-state index contributed by atoms with van der Waals surface area (Å²) in [4.78, 5) is 41.8. The quantitative estimate of drug-likeness (QED) is 0.203. The van der Waals surface area contributed by atoms with Crippen LogP contribution in [0.5, 0.6) is 11.5 Å². The Balaban J connectivity index is 1.67. The van der Waals surface area contributed by atoms with Crippen LogP contribution in [0.25, 0.3) is 0 Å². The van der Waals surface area contributed by atoms with Crippen LogP contribution in [-0.2, 0) is 4.79 Å². The van der Waals surface area contributed by atoms with Crippen LogP contribution < -0.4 is 9.47 Å². The molecule has 0 bridgehead atoms. The Kier molecular flexibility index (Phi) is 8.96. The maximum absolute atomic E-state index is 13.8. The monoisotopic (exact) mass is 579 g/mol. The van der Waals surface area contributed by atoms with E-state index in [4.69, 9.17) is 21.1 Å². The average molecular weight is 580 g/mol. The van der Waals surface area contributed by atoms with Gasteiger partial charge in [0.15, 0.2) is 17.2 Å². The molecule has 0 saturated carbocycles. The van der Waals surface area contributed by atoms with Gasteiger partial charge in [0.1, 0.15) is 11.5 Å². The molecule has 1 saturated heterocycles. The topological polar surface area (TPSA) is 72.9 Å². The molecule has 2 atom stereocenters. The van der Waals surface area contributed by atoms with Crippen molar-refractivity contribution in [3.05, 3.63) is 87.9 Å². The highest BCUT2D eigenvalue weighted by Gasteiger charge is 2.42. The summed E-state index contributed by atoms with van der Waals surface area (Å²) in [6, 6.07) is 18.2. The largest absolute Gasteiger partial charge is 0.480 e. The number of amides is 1. The van der Waals surface area contributed by atoms with Gasteiger partial charge < -0.3 is 14.4 Å². The van der Waals surface area contributed by atoms with Gasteiger partial charge in [-0.1, -0.05) is 41.9 Å². The van der Waals surface area contributed by atoms with Crippen LogP contribution in [0.2, 0.25) is 5.02 Å². The number of aryl methyl sites for hydroxylation is 2. The lowest BCUT2D eigenvalue weighted by Gasteiger charge is -2.27. The summed E-state index contributed by atoms with van der Waals surface area (Å²) >= 11 is 7.68. The maximum atomic E-state index is 13.8. The molecule has 6 nitrogen and oxygen atoms in total. The summed E-state index contributed by atoms with van der Waals surface area (Å²) in [7, 11) is 0. The summed E-state index contributed by atoms with van der Waals surface area (Å²) in [5.41, 5.74) is 2.29. The Labute approximate surface area is 245 Å². The van der Waals surface area contributed by atoms with E-state index in [0.717, 1.165) is 21.6 Å². The summed E-state index contributed by atoms with van der Waals surface area (Å²) in [5.74, 6) is 0.174.